The fourth-order valence-electron chi connectivity index (χ4n) is 1.21. The quantitative estimate of drug-likeness (QED) is 0.628. The van der Waals surface area contributed by atoms with E-state index in [2.05, 4.69) is 11.4 Å². The third-order valence-electron chi connectivity index (χ3n) is 1.84. The van der Waals surface area contributed by atoms with Gasteiger partial charge in [-0.1, -0.05) is 0 Å². The Morgan fingerprint density at radius 2 is 2.00 bits per heavy atom. The summed E-state index contributed by atoms with van der Waals surface area (Å²) in [6, 6.07) is 2.21. The molecular formula is C7H13ClN2. The summed E-state index contributed by atoms with van der Waals surface area (Å²) in [5.41, 5.74) is 0. The predicted octanol–water partition coefficient (Wildman–Crippen LogP) is 1.32. The molecule has 2 nitrogen and oxygen atoms in total. The van der Waals surface area contributed by atoms with Gasteiger partial charge in [0.25, 0.3) is 0 Å². The van der Waals surface area contributed by atoms with Crippen LogP contribution in [-0.4, -0.2) is 13.1 Å². The van der Waals surface area contributed by atoms with E-state index in [1.807, 2.05) is 0 Å². The molecule has 0 aromatic heterocycles. The van der Waals surface area contributed by atoms with Gasteiger partial charge in [-0.05, 0) is 31.8 Å². The largest absolute Gasteiger partial charge is 0.317 e. The zero-order valence-corrected chi connectivity index (χ0v) is 6.78. The van der Waals surface area contributed by atoms with Gasteiger partial charge >= 0.3 is 0 Å². The van der Waals surface area contributed by atoms with Gasteiger partial charge in [0.05, 0.1) is 6.07 Å². The van der Waals surface area contributed by atoms with Gasteiger partial charge in [0.1, 0.15) is 0 Å². The molecule has 58 valence electrons. The van der Waals surface area contributed by atoms with Gasteiger partial charge in [-0.15, -0.1) is 12.4 Å². The fourth-order valence-corrected chi connectivity index (χ4v) is 1.21. The number of nitriles is 1. The van der Waals surface area contributed by atoms with Crippen LogP contribution in [0, 0.1) is 17.2 Å². The third-order valence-corrected chi connectivity index (χ3v) is 1.84. The first-order chi connectivity index (χ1) is 4.43. The molecule has 0 bridgehead atoms. The summed E-state index contributed by atoms with van der Waals surface area (Å²) < 4.78 is 0. The highest BCUT2D eigenvalue weighted by molar-refractivity contribution is 5.85. The summed E-state index contributed by atoms with van der Waals surface area (Å²) in [4.78, 5) is 0. The average molecular weight is 161 g/mol. The molecule has 1 N–H and O–H groups in total. The second-order valence-corrected chi connectivity index (χ2v) is 2.56. The van der Waals surface area contributed by atoms with Crippen LogP contribution < -0.4 is 5.32 Å². The average Bonchev–Trinajstić information content (AvgIpc) is 1.91. The predicted molar refractivity (Wildman–Crippen MR) is 43.1 cm³/mol. The van der Waals surface area contributed by atoms with E-state index in [0.717, 1.165) is 19.5 Å². The van der Waals surface area contributed by atoms with Gasteiger partial charge in [-0.25, -0.2) is 0 Å². The molecule has 1 aliphatic heterocycles. The summed E-state index contributed by atoms with van der Waals surface area (Å²) in [5, 5.41) is 11.6. The van der Waals surface area contributed by atoms with Crippen molar-refractivity contribution in [2.24, 2.45) is 5.92 Å². The van der Waals surface area contributed by atoms with Crippen LogP contribution in [0.15, 0.2) is 0 Å². The Bertz CT molecular complexity index is 113. The van der Waals surface area contributed by atoms with Crippen molar-refractivity contribution >= 4 is 12.4 Å². The first-order valence-electron chi connectivity index (χ1n) is 3.51. The Labute approximate surface area is 68.0 Å². The molecular weight excluding hydrogens is 148 g/mol. The summed E-state index contributed by atoms with van der Waals surface area (Å²) in [5.74, 6) is 0.677. The van der Waals surface area contributed by atoms with E-state index in [9.17, 15) is 0 Å². The Morgan fingerprint density at radius 3 is 2.50 bits per heavy atom. The van der Waals surface area contributed by atoms with E-state index in [4.69, 9.17) is 5.26 Å². The maximum atomic E-state index is 8.35. The van der Waals surface area contributed by atoms with Crippen molar-refractivity contribution in [3.8, 4) is 6.07 Å². The lowest BCUT2D eigenvalue weighted by Crippen LogP contribution is -2.27. The van der Waals surface area contributed by atoms with Crippen molar-refractivity contribution in [3.05, 3.63) is 0 Å². The number of nitrogens with zero attached hydrogens (tertiary/aromatic N) is 1. The summed E-state index contributed by atoms with van der Waals surface area (Å²) in [7, 11) is 0. The van der Waals surface area contributed by atoms with E-state index in [1.54, 1.807) is 0 Å². The first-order valence-corrected chi connectivity index (χ1v) is 3.51. The molecule has 0 atom stereocenters. The fraction of sp³-hybridized carbons (Fsp3) is 0.857. The van der Waals surface area contributed by atoms with Gasteiger partial charge in [0.15, 0.2) is 0 Å². The Kier molecular flexibility index (Phi) is 5.38. The van der Waals surface area contributed by atoms with Gasteiger partial charge in [0.2, 0.25) is 0 Å². The van der Waals surface area contributed by atoms with Gasteiger partial charge in [-0.3, -0.25) is 0 Å². The van der Waals surface area contributed by atoms with Crippen LogP contribution >= 0.6 is 12.4 Å². The van der Waals surface area contributed by atoms with Crippen LogP contribution in [0.25, 0.3) is 0 Å². The topological polar surface area (TPSA) is 35.8 Å². The SMILES string of the molecule is Cl.N#CCC1CCNCC1. The molecule has 0 aromatic carbocycles. The number of hydrogen-bond acceptors (Lipinski definition) is 2. The molecule has 0 unspecified atom stereocenters. The minimum Gasteiger partial charge on any atom is -0.317 e. The minimum atomic E-state index is 0. The highest BCUT2D eigenvalue weighted by Crippen LogP contribution is 2.14. The van der Waals surface area contributed by atoms with Crippen LogP contribution in [0.5, 0.6) is 0 Å². The lowest BCUT2D eigenvalue weighted by Gasteiger charge is -2.19. The van der Waals surface area contributed by atoms with Crippen molar-refractivity contribution in [1.29, 1.82) is 5.26 Å². The molecule has 1 heterocycles. The van der Waals surface area contributed by atoms with Crippen molar-refractivity contribution in [3.63, 3.8) is 0 Å². The van der Waals surface area contributed by atoms with E-state index >= 15 is 0 Å². The summed E-state index contributed by atoms with van der Waals surface area (Å²) >= 11 is 0. The van der Waals surface area contributed by atoms with Crippen molar-refractivity contribution in [2.45, 2.75) is 19.3 Å². The second kappa shape index (κ2) is 5.52. The van der Waals surface area contributed by atoms with E-state index < -0.39 is 0 Å². The molecule has 0 amide bonds. The normalized spacial score (nSPS) is 19.1. The van der Waals surface area contributed by atoms with E-state index in [-0.39, 0.29) is 12.4 Å². The molecule has 0 spiro atoms. The van der Waals surface area contributed by atoms with Crippen molar-refractivity contribution in [1.82, 2.24) is 5.32 Å². The minimum absolute atomic E-state index is 0. The summed E-state index contributed by atoms with van der Waals surface area (Å²) in [6.07, 6.45) is 3.13. The van der Waals surface area contributed by atoms with Crippen LogP contribution in [0.3, 0.4) is 0 Å². The Balaban J connectivity index is 0.000000810. The standard InChI is InChI=1S/C7H12N2.ClH/c8-4-1-7-2-5-9-6-3-7;/h7,9H,1-3,5-6H2;1H. The van der Waals surface area contributed by atoms with Crippen LogP contribution in [0.1, 0.15) is 19.3 Å². The molecule has 3 heteroatoms. The Hall–Kier alpha value is -0.260. The number of rotatable bonds is 1. The molecule has 1 fully saturated rings. The smallest absolute Gasteiger partial charge is 0.0624 e. The van der Waals surface area contributed by atoms with E-state index in [0.29, 0.717) is 5.92 Å². The molecule has 1 saturated heterocycles. The maximum Gasteiger partial charge on any atom is 0.0624 e. The van der Waals surface area contributed by atoms with Crippen LogP contribution in [0.2, 0.25) is 0 Å². The lowest BCUT2D eigenvalue weighted by molar-refractivity contribution is 0.380. The first kappa shape index (κ1) is 9.74. The second-order valence-electron chi connectivity index (χ2n) is 2.56. The summed E-state index contributed by atoms with van der Waals surface area (Å²) in [6.45, 7) is 2.21. The van der Waals surface area contributed by atoms with Gasteiger partial charge < -0.3 is 5.32 Å². The number of piperidine rings is 1. The van der Waals surface area contributed by atoms with Gasteiger partial charge in [-0.2, -0.15) is 5.26 Å². The zero-order chi connectivity index (χ0) is 6.53. The molecule has 0 aliphatic carbocycles. The highest BCUT2D eigenvalue weighted by Gasteiger charge is 2.11. The number of nitrogens with one attached hydrogen (secondary N) is 1. The monoisotopic (exact) mass is 160 g/mol. The lowest BCUT2D eigenvalue weighted by atomic mass is 9.96. The van der Waals surface area contributed by atoms with Crippen LogP contribution in [-0.2, 0) is 0 Å². The number of halogens is 1. The molecule has 1 rings (SSSR count). The maximum absolute atomic E-state index is 8.35. The van der Waals surface area contributed by atoms with Crippen molar-refractivity contribution in [2.75, 3.05) is 13.1 Å². The molecule has 0 radical (unpaired) electrons. The molecule has 0 saturated carbocycles. The van der Waals surface area contributed by atoms with E-state index in [1.165, 1.54) is 12.8 Å². The number of hydrogen-bond donors (Lipinski definition) is 1. The molecule has 10 heavy (non-hydrogen) atoms. The van der Waals surface area contributed by atoms with Crippen LogP contribution in [0.4, 0.5) is 0 Å². The third kappa shape index (κ3) is 3.05. The zero-order valence-electron chi connectivity index (χ0n) is 5.97. The Morgan fingerprint density at radius 1 is 1.40 bits per heavy atom. The molecule has 0 aromatic rings. The van der Waals surface area contributed by atoms with Crippen molar-refractivity contribution < 1.29 is 0 Å². The van der Waals surface area contributed by atoms with Gasteiger partial charge in [0, 0.05) is 6.42 Å². The molecule has 1 aliphatic rings. The highest BCUT2D eigenvalue weighted by atomic mass is 35.5.